The molecule has 0 radical (unpaired) electrons. The summed E-state index contributed by atoms with van der Waals surface area (Å²) in [6, 6.07) is 49.6. The van der Waals surface area contributed by atoms with E-state index in [0.717, 1.165) is 49.7 Å². The number of aromatic nitrogens is 1. The molecule has 0 saturated carbocycles. The molecule has 1 aliphatic rings. The highest BCUT2D eigenvalue weighted by molar-refractivity contribution is 7.91. The van der Waals surface area contributed by atoms with E-state index in [9.17, 15) is 13.7 Å². The van der Waals surface area contributed by atoms with Crippen LogP contribution >= 0.6 is 0 Å². The molecular weight excluding hydrogens is 548 g/mol. The molecule has 5 heteroatoms. The van der Waals surface area contributed by atoms with Crippen LogP contribution < -0.4 is 0 Å². The lowest BCUT2D eigenvalue weighted by atomic mass is 9.64. The third kappa shape index (κ3) is 3.45. The zero-order chi connectivity index (χ0) is 29.2. The minimum atomic E-state index is -3.75. The molecule has 0 N–H and O–H groups in total. The molecule has 0 amide bonds. The largest absolute Gasteiger partial charge is 0.309 e. The highest BCUT2D eigenvalue weighted by Crippen LogP contribution is 2.54. The Bertz CT molecular complexity index is 2310. The fourth-order valence-electron chi connectivity index (χ4n) is 6.94. The van der Waals surface area contributed by atoms with Crippen molar-refractivity contribution in [1.82, 2.24) is 4.57 Å². The molecule has 1 aliphatic heterocycles. The van der Waals surface area contributed by atoms with Crippen molar-refractivity contribution in [2.75, 3.05) is 0 Å². The van der Waals surface area contributed by atoms with Crippen molar-refractivity contribution in [2.24, 2.45) is 0 Å². The second-order valence-corrected chi connectivity index (χ2v) is 12.7. The molecule has 0 atom stereocenters. The second-order valence-electron chi connectivity index (χ2n) is 10.9. The first-order chi connectivity index (χ1) is 21.0. The van der Waals surface area contributed by atoms with Crippen LogP contribution in [0.15, 0.2) is 155 Å². The summed E-state index contributed by atoms with van der Waals surface area (Å²) in [5.74, 6) is 0. The summed E-state index contributed by atoms with van der Waals surface area (Å²) < 4.78 is 30.3. The summed E-state index contributed by atoms with van der Waals surface area (Å²) in [6.45, 7) is 0. The van der Waals surface area contributed by atoms with Crippen molar-refractivity contribution >= 4 is 31.6 Å². The van der Waals surface area contributed by atoms with Crippen LogP contribution in [0.4, 0.5) is 0 Å². The van der Waals surface area contributed by atoms with Crippen LogP contribution in [0, 0.1) is 11.3 Å². The molecule has 0 unspecified atom stereocenters. The quantitative estimate of drug-likeness (QED) is 0.214. The van der Waals surface area contributed by atoms with E-state index < -0.39 is 15.3 Å². The van der Waals surface area contributed by atoms with Gasteiger partial charge in [0.2, 0.25) is 9.84 Å². The number of nitriles is 1. The molecule has 0 bridgehead atoms. The SMILES string of the molecule is N#Cc1ccc2c(c1)c1cc(C3(c4ccccc4)c4ccccc4S(=O)(=O)c4ccccc43)ccc1n2-c1ccccc1. The molecule has 0 fully saturated rings. The first-order valence-corrected chi connectivity index (χ1v) is 15.6. The van der Waals surface area contributed by atoms with Crippen molar-refractivity contribution in [3.8, 4) is 11.8 Å². The van der Waals surface area contributed by atoms with Crippen LogP contribution in [0.2, 0.25) is 0 Å². The van der Waals surface area contributed by atoms with E-state index in [1.165, 1.54) is 0 Å². The van der Waals surface area contributed by atoms with Crippen LogP contribution in [0.25, 0.3) is 27.5 Å². The molecule has 0 spiro atoms. The maximum absolute atomic E-state index is 14.0. The molecular formula is C38H24N2O2S. The summed E-state index contributed by atoms with van der Waals surface area (Å²) in [6.07, 6.45) is 0. The van der Waals surface area contributed by atoms with E-state index in [0.29, 0.717) is 15.4 Å². The zero-order valence-corrected chi connectivity index (χ0v) is 23.8. The Kier molecular flexibility index (Phi) is 5.46. The Labute approximate surface area is 249 Å². The van der Waals surface area contributed by atoms with Gasteiger partial charge in [-0.05, 0) is 76.9 Å². The molecule has 8 rings (SSSR count). The highest BCUT2D eigenvalue weighted by Gasteiger charge is 2.48. The van der Waals surface area contributed by atoms with Crippen molar-refractivity contribution in [3.05, 3.63) is 173 Å². The Morgan fingerprint density at radius 2 is 1.09 bits per heavy atom. The van der Waals surface area contributed by atoms with E-state index in [4.69, 9.17) is 0 Å². The second kappa shape index (κ2) is 9.29. The molecule has 43 heavy (non-hydrogen) atoms. The third-order valence-corrected chi connectivity index (χ3v) is 10.6. The van der Waals surface area contributed by atoms with Crippen LogP contribution in [-0.2, 0) is 15.3 Å². The number of sulfone groups is 1. The predicted octanol–water partition coefficient (Wildman–Crippen LogP) is 8.18. The van der Waals surface area contributed by atoms with Crippen LogP contribution in [0.3, 0.4) is 0 Å². The summed E-state index contributed by atoms with van der Waals surface area (Å²) >= 11 is 0. The minimum Gasteiger partial charge on any atom is -0.309 e. The van der Waals surface area contributed by atoms with Gasteiger partial charge >= 0.3 is 0 Å². The van der Waals surface area contributed by atoms with Crippen molar-refractivity contribution in [1.29, 1.82) is 5.26 Å². The Balaban J connectivity index is 1.55. The molecule has 1 aromatic heterocycles. The minimum absolute atomic E-state index is 0.316. The molecule has 0 aliphatic carbocycles. The summed E-state index contributed by atoms with van der Waals surface area (Å²) in [7, 11) is -3.75. The lowest BCUT2D eigenvalue weighted by molar-refractivity contribution is 0.579. The molecule has 7 aromatic rings. The van der Waals surface area contributed by atoms with Gasteiger partial charge in [0.25, 0.3) is 0 Å². The molecule has 6 aromatic carbocycles. The predicted molar refractivity (Wildman–Crippen MR) is 169 cm³/mol. The van der Waals surface area contributed by atoms with Gasteiger partial charge in [0, 0.05) is 16.5 Å². The third-order valence-electron chi connectivity index (χ3n) is 8.71. The van der Waals surface area contributed by atoms with Gasteiger partial charge in [0.15, 0.2) is 0 Å². The molecule has 204 valence electrons. The van der Waals surface area contributed by atoms with E-state index in [1.807, 2.05) is 78.9 Å². The van der Waals surface area contributed by atoms with Gasteiger partial charge in [-0.3, -0.25) is 0 Å². The van der Waals surface area contributed by atoms with Gasteiger partial charge in [0.1, 0.15) is 0 Å². The van der Waals surface area contributed by atoms with Gasteiger partial charge in [-0.15, -0.1) is 0 Å². The van der Waals surface area contributed by atoms with Crippen LogP contribution in [-0.4, -0.2) is 13.0 Å². The van der Waals surface area contributed by atoms with Gasteiger partial charge in [0.05, 0.1) is 37.9 Å². The van der Waals surface area contributed by atoms with Crippen molar-refractivity contribution < 1.29 is 8.42 Å². The molecule has 0 saturated heterocycles. The summed E-state index contributed by atoms with van der Waals surface area (Å²) in [5, 5.41) is 11.8. The van der Waals surface area contributed by atoms with Gasteiger partial charge in [-0.25, -0.2) is 8.42 Å². The highest BCUT2D eigenvalue weighted by atomic mass is 32.2. The Morgan fingerprint density at radius 1 is 0.558 bits per heavy atom. The topological polar surface area (TPSA) is 62.9 Å². The number of rotatable bonds is 3. The fraction of sp³-hybridized carbons (Fsp3) is 0.0263. The maximum Gasteiger partial charge on any atom is 0.207 e. The number of hydrogen-bond acceptors (Lipinski definition) is 3. The summed E-state index contributed by atoms with van der Waals surface area (Å²) in [4.78, 5) is 0.632. The summed E-state index contributed by atoms with van der Waals surface area (Å²) in [5.41, 5.74) is 6.10. The van der Waals surface area contributed by atoms with Crippen LogP contribution in [0.5, 0.6) is 0 Å². The van der Waals surface area contributed by atoms with E-state index >= 15 is 0 Å². The lowest BCUT2D eigenvalue weighted by Gasteiger charge is -2.41. The first-order valence-electron chi connectivity index (χ1n) is 14.1. The standard InChI is InChI=1S/C38H24N2O2S/c39-25-26-19-21-34-30(23-26)31-24-28(20-22-35(31)40(34)29-13-5-2-6-14-29)38(27-11-3-1-4-12-27)32-15-7-9-17-36(32)43(41,42)37-18-10-8-16-33(37)38/h1-24H. The van der Waals surface area contributed by atoms with Gasteiger partial charge < -0.3 is 4.57 Å². The molecule has 4 nitrogen and oxygen atoms in total. The van der Waals surface area contributed by atoms with Crippen molar-refractivity contribution in [3.63, 3.8) is 0 Å². The number of hydrogen-bond donors (Lipinski definition) is 0. The number of nitrogens with zero attached hydrogens (tertiary/aromatic N) is 2. The Morgan fingerprint density at radius 3 is 1.72 bits per heavy atom. The number of fused-ring (bicyclic) bond motifs is 5. The monoisotopic (exact) mass is 572 g/mol. The molecule has 2 heterocycles. The average Bonchev–Trinajstić information content (AvgIpc) is 3.39. The van der Waals surface area contributed by atoms with Gasteiger partial charge in [-0.1, -0.05) is 91.0 Å². The normalized spacial score (nSPS) is 14.6. The average molecular weight is 573 g/mol. The maximum atomic E-state index is 14.0. The van der Waals surface area contributed by atoms with E-state index in [-0.39, 0.29) is 0 Å². The zero-order valence-electron chi connectivity index (χ0n) is 23.0. The van der Waals surface area contributed by atoms with Crippen LogP contribution in [0.1, 0.15) is 27.8 Å². The number of benzene rings is 6. The van der Waals surface area contributed by atoms with E-state index in [2.05, 4.69) is 53.1 Å². The smallest absolute Gasteiger partial charge is 0.207 e. The first kappa shape index (κ1) is 25.3. The van der Waals surface area contributed by atoms with Crippen molar-refractivity contribution in [2.45, 2.75) is 15.2 Å². The lowest BCUT2D eigenvalue weighted by Crippen LogP contribution is -2.37. The van der Waals surface area contributed by atoms with Gasteiger partial charge in [-0.2, -0.15) is 5.26 Å². The number of para-hydroxylation sites is 1. The van der Waals surface area contributed by atoms with E-state index in [1.54, 1.807) is 24.3 Å². The Hall–Kier alpha value is -5.44. The fourth-order valence-corrected chi connectivity index (χ4v) is 8.72.